The lowest BCUT2D eigenvalue weighted by Gasteiger charge is -2.21. The van der Waals surface area contributed by atoms with Gasteiger partial charge in [0.05, 0.1) is 23.5 Å². The number of halogens is 1. The van der Waals surface area contributed by atoms with Gasteiger partial charge in [0.1, 0.15) is 5.75 Å². The first kappa shape index (κ1) is 22.1. The van der Waals surface area contributed by atoms with E-state index in [9.17, 15) is 4.79 Å². The molecule has 0 radical (unpaired) electrons. The topological polar surface area (TPSA) is 42.4 Å². The van der Waals surface area contributed by atoms with Crippen molar-refractivity contribution >= 4 is 39.7 Å². The van der Waals surface area contributed by atoms with Crippen molar-refractivity contribution in [3.8, 4) is 17.0 Å². The summed E-state index contributed by atoms with van der Waals surface area (Å²) in [7, 11) is 1.64. The second-order valence-corrected chi connectivity index (χ2v) is 8.88. The molecule has 4 aromatic rings. The maximum absolute atomic E-state index is 13.4. The first-order valence-corrected chi connectivity index (χ1v) is 11.5. The van der Waals surface area contributed by atoms with Crippen molar-refractivity contribution in [2.24, 2.45) is 0 Å². The number of amides is 1. The number of hydrogen-bond acceptors (Lipinski definition) is 4. The number of ether oxygens (including phenoxy) is 1. The molecule has 0 fully saturated rings. The van der Waals surface area contributed by atoms with Gasteiger partial charge in [0.2, 0.25) is 5.91 Å². The molecular formula is C26H23ClN2O2S. The molecule has 0 aliphatic carbocycles. The van der Waals surface area contributed by atoms with Crippen molar-refractivity contribution in [3.63, 3.8) is 0 Å². The lowest BCUT2D eigenvalue weighted by Crippen LogP contribution is -2.26. The normalized spacial score (nSPS) is 10.7. The van der Waals surface area contributed by atoms with E-state index in [1.807, 2.05) is 79.7 Å². The number of benzene rings is 3. The third kappa shape index (κ3) is 4.85. The average molecular weight is 463 g/mol. The number of methoxy groups -OCH3 is 1. The van der Waals surface area contributed by atoms with Crippen LogP contribution in [-0.2, 0) is 11.2 Å². The number of rotatable bonds is 7. The summed E-state index contributed by atoms with van der Waals surface area (Å²) in [5, 5.41) is 1.12. The van der Waals surface area contributed by atoms with Gasteiger partial charge in [0.15, 0.2) is 5.13 Å². The van der Waals surface area contributed by atoms with Gasteiger partial charge in [0.25, 0.3) is 0 Å². The van der Waals surface area contributed by atoms with E-state index in [1.54, 1.807) is 18.1 Å². The van der Waals surface area contributed by atoms with Gasteiger partial charge in [-0.05, 0) is 55.3 Å². The Hall–Kier alpha value is -3.15. The number of nitrogens with zero attached hydrogens (tertiary/aromatic N) is 2. The molecule has 0 atom stereocenters. The molecule has 1 aromatic heterocycles. The van der Waals surface area contributed by atoms with Crippen molar-refractivity contribution in [2.75, 3.05) is 12.0 Å². The summed E-state index contributed by atoms with van der Waals surface area (Å²) in [5.41, 5.74) is 3.58. The van der Waals surface area contributed by atoms with E-state index in [-0.39, 0.29) is 5.91 Å². The van der Waals surface area contributed by atoms with Crippen molar-refractivity contribution in [3.05, 3.63) is 94.3 Å². The number of carbonyl (C=O) groups is 1. The maximum Gasteiger partial charge on any atom is 0.233 e. The van der Waals surface area contributed by atoms with Crippen molar-refractivity contribution in [1.29, 1.82) is 0 Å². The van der Waals surface area contributed by atoms with Gasteiger partial charge in [0, 0.05) is 16.9 Å². The molecule has 0 unspecified atom stereocenters. The third-order valence-corrected chi connectivity index (χ3v) is 6.43. The van der Waals surface area contributed by atoms with Crippen LogP contribution in [0.3, 0.4) is 0 Å². The summed E-state index contributed by atoms with van der Waals surface area (Å²) in [6.45, 7) is 2.01. The number of thiazole rings is 1. The highest BCUT2D eigenvalue weighted by molar-refractivity contribution is 7.16. The highest BCUT2D eigenvalue weighted by Gasteiger charge is 2.24. The molecule has 4 nitrogen and oxygen atoms in total. The summed E-state index contributed by atoms with van der Waals surface area (Å²) in [5.74, 6) is 0.743. The van der Waals surface area contributed by atoms with Crippen LogP contribution in [-0.4, -0.2) is 18.0 Å². The van der Waals surface area contributed by atoms with E-state index < -0.39 is 0 Å². The van der Waals surface area contributed by atoms with Gasteiger partial charge < -0.3 is 4.74 Å². The molecule has 162 valence electrons. The summed E-state index contributed by atoms with van der Waals surface area (Å²) < 4.78 is 5.26. The first-order valence-electron chi connectivity index (χ1n) is 10.3. The van der Waals surface area contributed by atoms with E-state index in [1.165, 1.54) is 11.3 Å². The van der Waals surface area contributed by atoms with Crippen LogP contribution in [0, 0.1) is 6.92 Å². The molecule has 4 rings (SSSR count). The quantitative estimate of drug-likeness (QED) is 0.294. The van der Waals surface area contributed by atoms with Gasteiger partial charge >= 0.3 is 0 Å². The fourth-order valence-corrected chi connectivity index (χ4v) is 4.66. The molecule has 6 heteroatoms. The van der Waals surface area contributed by atoms with Crippen molar-refractivity contribution in [1.82, 2.24) is 4.98 Å². The van der Waals surface area contributed by atoms with Crippen LogP contribution < -0.4 is 9.64 Å². The molecule has 0 N–H and O–H groups in total. The predicted octanol–water partition coefficient (Wildman–Crippen LogP) is 7.08. The van der Waals surface area contributed by atoms with Gasteiger partial charge in [-0.1, -0.05) is 54.1 Å². The zero-order valence-electron chi connectivity index (χ0n) is 17.9. The smallest absolute Gasteiger partial charge is 0.233 e. The average Bonchev–Trinajstić information content (AvgIpc) is 3.20. The lowest BCUT2D eigenvalue weighted by atomic mass is 10.1. The molecule has 0 bridgehead atoms. The van der Waals surface area contributed by atoms with Crippen LogP contribution in [0.5, 0.6) is 5.75 Å². The van der Waals surface area contributed by atoms with Gasteiger partial charge in [-0.15, -0.1) is 11.3 Å². The minimum absolute atomic E-state index is 0.0445. The second kappa shape index (κ2) is 9.98. The molecule has 1 heterocycles. The molecule has 0 aliphatic rings. The molecule has 1 amide bonds. The van der Waals surface area contributed by atoms with Crippen LogP contribution in [0.15, 0.2) is 78.9 Å². The monoisotopic (exact) mass is 462 g/mol. The van der Waals surface area contributed by atoms with Gasteiger partial charge in [-0.2, -0.15) is 0 Å². The molecule has 32 heavy (non-hydrogen) atoms. The molecular weight excluding hydrogens is 440 g/mol. The number of anilines is 2. The predicted molar refractivity (Wildman–Crippen MR) is 132 cm³/mol. The minimum atomic E-state index is -0.0445. The Kier molecular flexibility index (Phi) is 6.88. The fourth-order valence-electron chi connectivity index (χ4n) is 3.48. The number of aromatic nitrogens is 1. The Labute approximate surface area is 197 Å². The molecule has 3 aromatic carbocycles. The first-order chi connectivity index (χ1) is 15.6. The second-order valence-electron chi connectivity index (χ2n) is 7.30. The van der Waals surface area contributed by atoms with Crippen molar-refractivity contribution < 1.29 is 9.53 Å². The Morgan fingerprint density at radius 3 is 2.38 bits per heavy atom. The molecule has 0 saturated heterocycles. The standard InChI is InChI=1S/C26H23ClN2O2S/c1-18-25(20-13-15-21(31-2)16-14-20)28-26(32-18)29(23-11-7-6-10-22(23)27)24(30)17-12-19-8-4-3-5-9-19/h3-11,13-16H,12,17H2,1-2H3. The zero-order valence-corrected chi connectivity index (χ0v) is 19.5. The number of carbonyl (C=O) groups excluding carboxylic acids is 1. The van der Waals surface area contributed by atoms with Crippen LogP contribution in [0.1, 0.15) is 16.9 Å². The van der Waals surface area contributed by atoms with E-state index >= 15 is 0 Å². The summed E-state index contributed by atoms with van der Waals surface area (Å²) in [6.07, 6.45) is 1.00. The Morgan fingerprint density at radius 2 is 1.69 bits per heavy atom. The largest absolute Gasteiger partial charge is 0.497 e. The van der Waals surface area contributed by atoms with Crippen LogP contribution in [0.4, 0.5) is 10.8 Å². The zero-order chi connectivity index (χ0) is 22.5. The van der Waals surface area contributed by atoms with E-state index in [2.05, 4.69) is 0 Å². The van der Waals surface area contributed by atoms with Gasteiger partial charge in [-0.25, -0.2) is 4.98 Å². The highest BCUT2D eigenvalue weighted by atomic mass is 35.5. The van der Waals surface area contributed by atoms with Gasteiger partial charge in [-0.3, -0.25) is 9.69 Å². The Morgan fingerprint density at radius 1 is 1.00 bits per heavy atom. The number of aryl methyl sites for hydroxylation is 2. The molecule has 0 aliphatic heterocycles. The molecule has 0 spiro atoms. The third-order valence-electron chi connectivity index (χ3n) is 5.15. The van der Waals surface area contributed by atoms with Crippen LogP contribution in [0.2, 0.25) is 5.02 Å². The number of hydrogen-bond donors (Lipinski definition) is 0. The lowest BCUT2D eigenvalue weighted by molar-refractivity contribution is -0.117. The maximum atomic E-state index is 13.4. The summed E-state index contributed by atoms with van der Waals surface area (Å²) in [6, 6.07) is 25.1. The minimum Gasteiger partial charge on any atom is -0.497 e. The van der Waals surface area contributed by atoms with E-state index in [4.69, 9.17) is 21.3 Å². The van der Waals surface area contributed by atoms with E-state index in [0.29, 0.717) is 28.7 Å². The van der Waals surface area contributed by atoms with Crippen LogP contribution >= 0.6 is 22.9 Å². The Balaban J connectivity index is 1.68. The van der Waals surface area contributed by atoms with Crippen LogP contribution in [0.25, 0.3) is 11.3 Å². The van der Waals surface area contributed by atoms with E-state index in [0.717, 1.165) is 27.4 Å². The fraction of sp³-hybridized carbons (Fsp3) is 0.154. The summed E-state index contributed by atoms with van der Waals surface area (Å²) in [4.78, 5) is 21.0. The number of para-hydroxylation sites is 1. The highest BCUT2D eigenvalue weighted by Crippen LogP contribution is 2.39. The van der Waals surface area contributed by atoms with Crippen molar-refractivity contribution in [2.45, 2.75) is 19.8 Å². The Bertz CT molecular complexity index is 1210. The summed E-state index contributed by atoms with van der Waals surface area (Å²) >= 11 is 7.98. The molecule has 0 saturated carbocycles. The SMILES string of the molecule is COc1ccc(-c2nc(N(C(=O)CCc3ccccc3)c3ccccc3Cl)sc2C)cc1.